The predicted octanol–water partition coefficient (Wildman–Crippen LogP) is 4.43. The van der Waals surface area contributed by atoms with Crippen LogP contribution < -0.4 is 9.80 Å². The van der Waals surface area contributed by atoms with Gasteiger partial charge in [-0.25, -0.2) is 0 Å². The van der Waals surface area contributed by atoms with Gasteiger partial charge in [0.2, 0.25) is 0 Å². The third kappa shape index (κ3) is 3.78. The second-order valence-electron chi connectivity index (χ2n) is 7.37. The summed E-state index contributed by atoms with van der Waals surface area (Å²) in [7, 11) is 3.86. The molecule has 2 aromatic carbocycles. The van der Waals surface area contributed by atoms with Gasteiger partial charge in [0.1, 0.15) is 5.76 Å². The van der Waals surface area contributed by atoms with Crippen molar-refractivity contribution in [3.63, 3.8) is 0 Å². The lowest BCUT2D eigenvalue weighted by molar-refractivity contribution is -0.132. The Bertz CT molecular complexity index is 1160. The van der Waals surface area contributed by atoms with E-state index in [2.05, 4.69) is 4.98 Å². The van der Waals surface area contributed by atoms with Crippen LogP contribution >= 0.6 is 11.6 Å². The van der Waals surface area contributed by atoms with Gasteiger partial charge in [-0.2, -0.15) is 0 Å². The molecule has 1 aromatic heterocycles. The molecule has 6 nitrogen and oxygen atoms in total. The van der Waals surface area contributed by atoms with Crippen molar-refractivity contribution in [1.82, 2.24) is 4.98 Å². The summed E-state index contributed by atoms with van der Waals surface area (Å²) in [5.41, 5.74) is 2.57. The molecule has 0 aliphatic carbocycles. The number of benzene rings is 2. The van der Waals surface area contributed by atoms with Crippen molar-refractivity contribution in [3.05, 3.63) is 94.8 Å². The van der Waals surface area contributed by atoms with Crippen LogP contribution in [0.2, 0.25) is 5.02 Å². The molecule has 1 saturated heterocycles. The van der Waals surface area contributed by atoms with E-state index in [1.807, 2.05) is 43.3 Å². The zero-order valence-electron chi connectivity index (χ0n) is 17.0. The second kappa shape index (κ2) is 8.24. The lowest BCUT2D eigenvalue weighted by atomic mass is 9.95. The first-order chi connectivity index (χ1) is 14.9. The number of hydrogen-bond donors (Lipinski definition) is 1. The maximum atomic E-state index is 13.1. The van der Waals surface area contributed by atoms with Gasteiger partial charge < -0.3 is 10.0 Å². The Morgan fingerprint density at radius 2 is 1.71 bits per heavy atom. The minimum absolute atomic E-state index is 0.0220. The molecule has 0 saturated carbocycles. The first-order valence-corrected chi connectivity index (χ1v) is 10.0. The summed E-state index contributed by atoms with van der Waals surface area (Å²) in [6, 6.07) is 16.6. The largest absolute Gasteiger partial charge is 0.507 e. The fourth-order valence-corrected chi connectivity index (χ4v) is 3.75. The van der Waals surface area contributed by atoms with E-state index in [1.54, 1.807) is 42.6 Å². The highest BCUT2D eigenvalue weighted by Gasteiger charge is 2.47. The highest BCUT2D eigenvalue weighted by molar-refractivity contribution is 6.51. The van der Waals surface area contributed by atoms with Crippen LogP contribution in [0.3, 0.4) is 0 Å². The smallest absolute Gasteiger partial charge is 0.300 e. The topological polar surface area (TPSA) is 73.7 Å². The van der Waals surface area contributed by atoms with Crippen molar-refractivity contribution in [2.75, 3.05) is 23.9 Å². The van der Waals surface area contributed by atoms with Crippen molar-refractivity contribution >= 4 is 40.4 Å². The van der Waals surface area contributed by atoms with Gasteiger partial charge >= 0.3 is 0 Å². The Morgan fingerprint density at radius 3 is 2.29 bits per heavy atom. The van der Waals surface area contributed by atoms with Crippen LogP contribution in [-0.4, -0.2) is 35.9 Å². The summed E-state index contributed by atoms with van der Waals surface area (Å²) >= 11 is 5.96. The Kier molecular flexibility index (Phi) is 5.48. The first kappa shape index (κ1) is 20.6. The number of carbonyl (C=O) groups excluding carboxylic acids is 2. The van der Waals surface area contributed by atoms with Gasteiger partial charge in [0.15, 0.2) is 0 Å². The second-order valence-corrected chi connectivity index (χ2v) is 7.81. The third-order valence-electron chi connectivity index (χ3n) is 5.21. The van der Waals surface area contributed by atoms with Crippen molar-refractivity contribution in [2.45, 2.75) is 6.04 Å². The van der Waals surface area contributed by atoms with Gasteiger partial charge in [-0.15, -0.1) is 0 Å². The molecule has 3 aromatic rings. The summed E-state index contributed by atoms with van der Waals surface area (Å²) < 4.78 is 0. The maximum Gasteiger partial charge on any atom is 0.300 e. The van der Waals surface area contributed by atoms with Gasteiger partial charge in [0.25, 0.3) is 11.7 Å². The highest BCUT2D eigenvalue weighted by Crippen LogP contribution is 2.42. The van der Waals surface area contributed by atoms with Crippen LogP contribution in [0.1, 0.15) is 17.2 Å². The number of aromatic nitrogens is 1. The molecule has 1 fully saturated rings. The summed E-state index contributed by atoms with van der Waals surface area (Å²) in [6.45, 7) is 0. The number of pyridine rings is 1. The number of halogens is 1. The number of hydrogen-bond acceptors (Lipinski definition) is 5. The maximum absolute atomic E-state index is 13.1. The van der Waals surface area contributed by atoms with Crippen LogP contribution in [-0.2, 0) is 9.59 Å². The predicted molar refractivity (Wildman–Crippen MR) is 121 cm³/mol. The fraction of sp³-hybridized carbons (Fsp3) is 0.125. The van der Waals surface area contributed by atoms with Gasteiger partial charge in [0, 0.05) is 36.6 Å². The molecule has 31 heavy (non-hydrogen) atoms. The van der Waals surface area contributed by atoms with E-state index in [0.717, 1.165) is 5.69 Å². The Hall–Kier alpha value is -3.64. The van der Waals surface area contributed by atoms with Gasteiger partial charge in [0.05, 0.1) is 23.5 Å². The summed E-state index contributed by atoms with van der Waals surface area (Å²) in [5, 5.41) is 11.6. The molecule has 156 valence electrons. The quantitative estimate of drug-likeness (QED) is 0.374. The van der Waals surface area contributed by atoms with Crippen molar-refractivity contribution in [2.24, 2.45) is 0 Å². The summed E-state index contributed by atoms with van der Waals surface area (Å²) in [4.78, 5) is 33.5. The molecule has 0 radical (unpaired) electrons. The lowest BCUT2D eigenvalue weighted by Gasteiger charge is -2.25. The van der Waals surface area contributed by atoms with Crippen LogP contribution in [0.5, 0.6) is 0 Å². The van der Waals surface area contributed by atoms with Gasteiger partial charge in [-0.1, -0.05) is 23.7 Å². The Morgan fingerprint density at radius 1 is 1.03 bits per heavy atom. The van der Waals surface area contributed by atoms with Gasteiger partial charge in [-0.3, -0.25) is 19.5 Å². The third-order valence-corrected chi connectivity index (χ3v) is 5.46. The zero-order valence-corrected chi connectivity index (χ0v) is 17.7. The van der Waals surface area contributed by atoms with Crippen molar-refractivity contribution in [3.8, 4) is 0 Å². The molecule has 1 atom stereocenters. The van der Waals surface area contributed by atoms with E-state index >= 15 is 0 Å². The molecule has 7 heteroatoms. The molecule has 1 aliphatic rings. The number of anilines is 2. The van der Waals surface area contributed by atoms with Crippen LogP contribution in [0.15, 0.2) is 78.6 Å². The van der Waals surface area contributed by atoms with E-state index in [9.17, 15) is 14.7 Å². The fourth-order valence-electron chi connectivity index (χ4n) is 3.63. The van der Waals surface area contributed by atoms with E-state index in [4.69, 9.17) is 11.6 Å². The molecule has 0 spiro atoms. The number of carbonyl (C=O) groups is 2. The number of amides is 1. The van der Waals surface area contributed by atoms with E-state index < -0.39 is 17.7 Å². The minimum Gasteiger partial charge on any atom is -0.507 e. The molecule has 1 N–H and O–H groups in total. The zero-order chi connectivity index (χ0) is 22.1. The minimum atomic E-state index is -0.795. The van der Waals surface area contributed by atoms with Crippen LogP contribution in [0.4, 0.5) is 11.4 Å². The monoisotopic (exact) mass is 433 g/mol. The van der Waals surface area contributed by atoms with Gasteiger partial charge in [-0.05, 0) is 54.1 Å². The SMILES string of the molecule is CN(C)c1ccc(C2C(=C(O)c3ccc(Cl)cc3)C(=O)C(=O)N2c2cccnc2)cc1. The number of aliphatic hydroxyl groups is 1. The highest BCUT2D eigenvalue weighted by atomic mass is 35.5. The number of aliphatic hydroxyl groups excluding tert-OH is 1. The van der Waals surface area contributed by atoms with Crippen molar-refractivity contribution < 1.29 is 14.7 Å². The average molecular weight is 434 g/mol. The van der Waals surface area contributed by atoms with E-state index in [-0.39, 0.29) is 11.3 Å². The number of rotatable bonds is 4. The summed E-state index contributed by atoms with van der Waals surface area (Å²) in [6.07, 6.45) is 3.11. The number of Topliss-reactive ketones (excluding diaryl/α,β-unsaturated/α-hetero) is 1. The van der Waals surface area contributed by atoms with E-state index in [1.165, 1.54) is 11.1 Å². The molecule has 2 heterocycles. The summed E-state index contributed by atoms with van der Waals surface area (Å²) in [5.74, 6) is -1.72. The van der Waals surface area contributed by atoms with Crippen molar-refractivity contribution in [1.29, 1.82) is 0 Å². The molecular formula is C24H20ClN3O3. The molecule has 4 rings (SSSR count). The molecule has 1 amide bonds. The number of nitrogens with zero attached hydrogens (tertiary/aromatic N) is 3. The Balaban J connectivity index is 1.91. The Labute approximate surface area is 185 Å². The normalized spacial score (nSPS) is 17.8. The standard InChI is InChI=1S/C24H20ClN3O3/c1-27(2)18-11-7-15(8-12-18)21-20(22(29)16-5-9-17(25)10-6-16)23(30)24(31)28(21)19-4-3-13-26-14-19/h3-14,21,29H,1-2H3. The molecule has 0 bridgehead atoms. The molecule has 1 unspecified atom stereocenters. The molecular weight excluding hydrogens is 414 g/mol. The number of ketones is 1. The van der Waals surface area contributed by atoms with E-state index in [0.29, 0.717) is 21.8 Å². The molecule has 1 aliphatic heterocycles. The first-order valence-electron chi connectivity index (χ1n) is 9.62. The average Bonchev–Trinajstić information content (AvgIpc) is 3.05. The van der Waals surface area contributed by atoms with Crippen LogP contribution in [0.25, 0.3) is 5.76 Å². The lowest BCUT2D eigenvalue weighted by Crippen LogP contribution is -2.29. The van der Waals surface area contributed by atoms with Crippen LogP contribution in [0, 0.1) is 0 Å².